The maximum atomic E-state index is 4.80. The fraction of sp³-hybridized carbons (Fsp3) is 0.444. The number of likely N-dealkylation sites (N-methyl/N-ethyl adjacent to an activating group) is 1. The summed E-state index contributed by atoms with van der Waals surface area (Å²) in [6, 6.07) is 8.86. The monoisotopic (exact) mass is 309 g/mol. The van der Waals surface area contributed by atoms with Gasteiger partial charge in [0.25, 0.3) is 0 Å². The summed E-state index contributed by atoms with van der Waals surface area (Å²) in [6.07, 6.45) is 6.55. The van der Waals surface area contributed by atoms with E-state index in [0.29, 0.717) is 6.04 Å². The van der Waals surface area contributed by atoms with Crippen LogP contribution >= 0.6 is 0 Å². The van der Waals surface area contributed by atoms with Gasteiger partial charge in [0, 0.05) is 32.0 Å². The number of rotatable bonds is 4. The zero-order chi connectivity index (χ0) is 15.8. The molecule has 0 amide bonds. The molecule has 0 saturated carbocycles. The normalized spacial score (nSPS) is 19.0. The minimum Gasteiger partial charge on any atom is -0.327 e. The van der Waals surface area contributed by atoms with Gasteiger partial charge < -0.3 is 9.13 Å². The number of aryl methyl sites for hydroxylation is 1. The van der Waals surface area contributed by atoms with Crippen LogP contribution in [0.5, 0.6) is 0 Å². The fourth-order valence-electron chi connectivity index (χ4n) is 3.75. The first-order chi connectivity index (χ1) is 11.3. The van der Waals surface area contributed by atoms with Crippen molar-refractivity contribution in [1.82, 2.24) is 24.0 Å². The van der Waals surface area contributed by atoms with Crippen LogP contribution in [0.2, 0.25) is 0 Å². The molecular weight excluding hydrogens is 286 g/mol. The van der Waals surface area contributed by atoms with Gasteiger partial charge in [-0.05, 0) is 38.1 Å². The van der Waals surface area contributed by atoms with Crippen molar-refractivity contribution in [2.75, 3.05) is 13.1 Å². The van der Waals surface area contributed by atoms with Crippen molar-refractivity contribution in [3.63, 3.8) is 0 Å². The lowest BCUT2D eigenvalue weighted by Crippen LogP contribution is -2.32. The van der Waals surface area contributed by atoms with Crippen LogP contribution in [0.4, 0.5) is 0 Å². The molecule has 23 heavy (non-hydrogen) atoms. The molecule has 3 aromatic rings. The molecule has 0 spiro atoms. The minimum atomic E-state index is 0.614. The van der Waals surface area contributed by atoms with E-state index in [0.717, 1.165) is 35.8 Å². The molecule has 1 saturated heterocycles. The number of para-hydroxylation sites is 2. The molecule has 3 heterocycles. The average molecular weight is 309 g/mol. The molecule has 1 atom stereocenters. The van der Waals surface area contributed by atoms with E-state index in [1.54, 1.807) is 0 Å². The highest BCUT2D eigenvalue weighted by atomic mass is 15.2. The number of fused-ring (bicyclic) bond motifs is 1. The van der Waals surface area contributed by atoms with E-state index in [9.17, 15) is 0 Å². The number of hydrogen-bond donors (Lipinski definition) is 0. The maximum absolute atomic E-state index is 4.80. The van der Waals surface area contributed by atoms with Gasteiger partial charge in [-0.25, -0.2) is 9.97 Å². The Morgan fingerprint density at radius 3 is 2.91 bits per heavy atom. The lowest BCUT2D eigenvalue weighted by molar-refractivity contribution is 0.245. The van der Waals surface area contributed by atoms with Gasteiger partial charge in [-0.3, -0.25) is 4.90 Å². The topological polar surface area (TPSA) is 38.9 Å². The van der Waals surface area contributed by atoms with E-state index in [1.165, 1.54) is 19.4 Å². The van der Waals surface area contributed by atoms with Gasteiger partial charge in [0.05, 0.1) is 11.0 Å². The number of hydrogen-bond acceptors (Lipinski definition) is 3. The molecular formula is C18H23N5. The second kappa shape index (κ2) is 5.81. The molecule has 0 radical (unpaired) electrons. The van der Waals surface area contributed by atoms with Gasteiger partial charge in [0.2, 0.25) is 0 Å². The highest BCUT2D eigenvalue weighted by Crippen LogP contribution is 2.24. The molecule has 120 valence electrons. The average Bonchev–Trinajstić information content (AvgIpc) is 3.28. The van der Waals surface area contributed by atoms with Crippen molar-refractivity contribution in [3.05, 3.63) is 36.7 Å². The maximum Gasteiger partial charge on any atom is 0.177 e. The Morgan fingerprint density at radius 1 is 1.22 bits per heavy atom. The van der Waals surface area contributed by atoms with E-state index in [1.807, 2.05) is 12.3 Å². The Balaban J connectivity index is 1.70. The zero-order valence-corrected chi connectivity index (χ0v) is 13.8. The summed E-state index contributed by atoms with van der Waals surface area (Å²) in [5, 5.41) is 0. The summed E-state index contributed by atoms with van der Waals surface area (Å²) < 4.78 is 4.40. The minimum absolute atomic E-state index is 0.614. The lowest BCUT2D eigenvalue weighted by atomic mass is 10.2. The molecule has 4 rings (SSSR count). The second-order valence-electron chi connectivity index (χ2n) is 6.31. The second-order valence-corrected chi connectivity index (χ2v) is 6.31. The molecule has 2 aromatic heterocycles. The number of aromatic nitrogens is 4. The standard InChI is InChI=1S/C18H23N5/c1-3-22-11-6-7-14(22)13-23-12-10-19-17(23)18-20-15-8-4-5-9-16(15)21(18)2/h4-5,8-10,12,14H,3,6-7,11,13H2,1-2H3/t14-/m1/s1. The molecule has 0 bridgehead atoms. The van der Waals surface area contributed by atoms with Crippen LogP contribution in [0.1, 0.15) is 19.8 Å². The Bertz CT molecular complexity index is 816. The Labute approximate surface area is 136 Å². The molecule has 0 unspecified atom stereocenters. The third kappa shape index (κ3) is 2.45. The number of benzene rings is 1. The van der Waals surface area contributed by atoms with E-state index >= 15 is 0 Å². The van der Waals surface area contributed by atoms with Gasteiger partial charge >= 0.3 is 0 Å². The molecule has 5 nitrogen and oxygen atoms in total. The number of likely N-dealkylation sites (tertiary alicyclic amines) is 1. The predicted molar refractivity (Wildman–Crippen MR) is 92.2 cm³/mol. The van der Waals surface area contributed by atoms with Crippen molar-refractivity contribution in [1.29, 1.82) is 0 Å². The Kier molecular flexibility index (Phi) is 3.65. The van der Waals surface area contributed by atoms with Crippen LogP contribution in [0.3, 0.4) is 0 Å². The third-order valence-electron chi connectivity index (χ3n) is 5.02. The summed E-state index contributed by atoms with van der Waals surface area (Å²) in [6.45, 7) is 5.59. The number of nitrogens with zero attached hydrogens (tertiary/aromatic N) is 5. The smallest absolute Gasteiger partial charge is 0.177 e. The van der Waals surface area contributed by atoms with Gasteiger partial charge in [0.15, 0.2) is 11.6 Å². The first-order valence-corrected chi connectivity index (χ1v) is 8.45. The first-order valence-electron chi connectivity index (χ1n) is 8.45. The van der Waals surface area contributed by atoms with Crippen molar-refractivity contribution in [2.45, 2.75) is 32.4 Å². The Morgan fingerprint density at radius 2 is 2.09 bits per heavy atom. The summed E-state index contributed by atoms with van der Waals surface area (Å²) in [4.78, 5) is 12.0. The van der Waals surface area contributed by atoms with Crippen LogP contribution in [0.25, 0.3) is 22.7 Å². The SMILES string of the molecule is CCN1CCC[C@@H]1Cn1ccnc1-c1nc2ccccc2n1C. The van der Waals surface area contributed by atoms with Crippen LogP contribution in [0, 0.1) is 0 Å². The summed E-state index contributed by atoms with van der Waals surface area (Å²) in [5.74, 6) is 1.91. The first kappa shape index (κ1) is 14.5. The third-order valence-corrected chi connectivity index (χ3v) is 5.02. The largest absolute Gasteiger partial charge is 0.327 e. The molecule has 1 aliphatic rings. The van der Waals surface area contributed by atoms with Crippen LogP contribution in [-0.4, -0.2) is 43.1 Å². The van der Waals surface area contributed by atoms with E-state index < -0.39 is 0 Å². The van der Waals surface area contributed by atoms with E-state index in [-0.39, 0.29) is 0 Å². The lowest BCUT2D eigenvalue weighted by Gasteiger charge is -2.23. The summed E-state index contributed by atoms with van der Waals surface area (Å²) in [7, 11) is 2.07. The van der Waals surface area contributed by atoms with Crippen molar-refractivity contribution in [3.8, 4) is 11.6 Å². The molecule has 5 heteroatoms. The molecule has 0 N–H and O–H groups in total. The van der Waals surface area contributed by atoms with Gasteiger partial charge in [-0.1, -0.05) is 19.1 Å². The van der Waals surface area contributed by atoms with Crippen LogP contribution in [-0.2, 0) is 13.6 Å². The fourth-order valence-corrected chi connectivity index (χ4v) is 3.75. The summed E-state index contributed by atoms with van der Waals surface area (Å²) in [5.41, 5.74) is 2.17. The van der Waals surface area contributed by atoms with Crippen molar-refractivity contribution in [2.24, 2.45) is 7.05 Å². The van der Waals surface area contributed by atoms with E-state index in [4.69, 9.17) is 4.98 Å². The quantitative estimate of drug-likeness (QED) is 0.744. The molecule has 1 aliphatic heterocycles. The zero-order valence-electron chi connectivity index (χ0n) is 13.8. The predicted octanol–water partition coefficient (Wildman–Crippen LogP) is 2.92. The van der Waals surface area contributed by atoms with Gasteiger partial charge in [-0.2, -0.15) is 0 Å². The van der Waals surface area contributed by atoms with Crippen molar-refractivity contribution < 1.29 is 0 Å². The Hall–Kier alpha value is -2.14. The molecule has 0 aliphatic carbocycles. The molecule has 1 fully saturated rings. The highest BCUT2D eigenvalue weighted by molar-refractivity contribution is 5.79. The highest BCUT2D eigenvalue weighted by Gasteiger charge is 2.24. The number of imidazole rings is 2. The van der Waals surface area contributed by atoms with E-state index in [2.05, 4.69) is 57.4 Å². The summed E-state index contributed by atoms with van der Waals surface area (Å²) >= 11 is 0. The molecule has 1 aromatic carbocycles. The van der Waals surface area contributed by atoms with Crippen LogP contribution in [0.15, 0.2) is 36.7 Å². The van der Waals surface area contributed by atoms with Crippen molar-refractivity contribution >= 4 is 11.0 Å². The van der Waals surface area contributed by atoms with Gasteiger partial charge in [0.1, 0.15) is 0 Å². The van der Waals surface area contributed by atoms with Gasteiger partial charge in [-0.15, -0.1) is 0 Å². The van der Waals surface area contributed by atoms with Crippen LogP contribution < -0.4 is 0 Å².